The van der Waals surface area contributed by atoms with Crippen LogP contribution in [0.3, 0.4) is 0 Å². The molecule has 5 heteroatoms. The summed E-state index contributed by atoms with van der Waals surface area (Å²) in [6.45, 7) is 1.08. The summed E-state index contributed by atoms with van der Waals surface area (Å²) in [5.74, 6) is -0.833. The van der Waals surface area contributed by atoms with E-state index in [1.165, 1.54) is 0 Å². The van der Waals surface area contributed by atoms with Crippen LogP contribution in [0.5, 0.6) is 0 Å². The van der Waals surface area contributed by atoms with Crippen molar-refractivity contribution in [2.24, 2.45) is 0 Å². The fraction of sp³-hybridized carbons (Fsp3) is 0.500. The molecule has 0 bridgehead atoms. The molecule has 3 N–H and O–H groups in total. The fourth-order valence-electron chi connectivity index (χ4n) is 0. The Morgan fingerprint density at radius 1 is 1.57 bits per heavy atom. The molecule has 0 radical (unpaired) electrons. The molecule has 0 fully saturated rings. The van der Waals surface area contributed by atoms with Crippen LogP contribution in [-0.4, -0.2) is 16.6 Å². The fourth-order valence-corrected chi connectivity index (χ4v) is 0. The Morgan fingerprint density at radius 3 is 1.57 bits per heavy atom. The quantitative estimate of drug-likeness (QED) is 0.392. The Labute approximate surface area is 97.3 Å². The van der Waals surface area contributed by atoms with E-state index >= 15 is 0 Å². The van der Waals surface area contributed by atoms with Crippen LogP contribution in [0.25, 0.3) is 0 Å². The van der Waals surface area contributed by atoms with Gasteiger partial charge in [-0.1, -0.05) is 0 Å². The van der Waals surface area contributed by atoms with Gasteiger partial charge in [0.05, 0.1) is 0 Å². The molecule has 0 aromatic heterocycles. The Morgan fingerprint density at radius 2 is 1.57 bits per heavy atom. The van der Waals surface area contributed by atoms with Gasteiger partial charge in [0.1, 0.15) is 0 Å². The maximum absolute atomic E-state index is 9.00. The van der Waals surface area contributed by atoms with Crippen molar-refractivity contribution in [3.05, 3.63) is 0 Å². The molecule has 0 unspecified atom stereocenters. The molecule has 0 aliphatic rings. The topological polar surface area (TPSA) is 68.8 Å². The third kappa shape index (κ3) is 87.2. The van der Waals surface area contributed by atoms with Crippen molar-refractivity contribution in [1.82, 2.24) is 0 Å². The zero-order valence-corrected chi connectivity index (χ0v) is 10.7. The van der Waals surface area contributed by atoms with Crippen molar-refractivity contribution in [3.8, 4) is 0 Å². The van der Waals surface area contributed by atoms with Crippen molar-refractivity contribution in [2.45, 2.75) is 6.92 Å². The molecular weight excluding hydrogens is 177 g/mol. The van der Waals surface area contributed by atoms with Gasteiger partial charge in [0.25, 0.3) is 5.97 Å². The summed E-state index contributed by atoms with van der Waals surface area (Å²) in [4.78, 5) is 9.00. The minimum atomic E-state index is -0.833. The molecule has 3 nitrogen and oxygen atoms in total. The summed E-state index contributed by atoms with van der Waals surface area (Å²) in [6, 6.07) is 0. The number of carboxylic acids is 1. The second-order valence-electron chi connectivity index (χ2n) is 0.519. The minimum Gasteiger partial charge on any atom is -0.481 e. The number of aliphatic carboxylic acids is 1. The number of rotatable bonds is 0. The SMILES string of the molecule is CC(=O)O.O.[K+].[Zn+2]. The molecule has 0 rings (SSSR count). The summed E-state index contributed by atoms with van der Waals surface area (Å²) in [6.07, 6.45) is 0. The minimum absolute atomic E-state index is 0. The summed E-state index contributed by atoms with van der Waals surface area (Å²) in [5.41, 5.74) is 0. The van der Waals surface area contributed by atoms with Crippen LogP contribution in [0.4, 0.5) is 0 Å². The van der Waals surface area contributed by atoms with Gasteiger partial charge in [-0.05, 0) is 0 Å². The van der Waals surface area contributed by atoms with Crippen LogP contribution in [0, 0.1) is 0 Å². The average Bonchev–Trinajstić information content (AvgIpc) is 0.811. The second-order valence-corrected chi connectivity index (χ2v) is 0.519. The molecule has 0 aromatic carbocycles. The van der Waals surface area contributed by atoms with Crippen LogP contribution >= 0.6 is 0 Å². The molecule has 0 aromatic rings. The number of carboxylic acid groups (broad SMARTS) is 1. The maximum Gasteiger partial charge on any atom is 2.00 e. The molecule has 0 saturated heterocycles. The molecule has 0 spiro atoms. The molecule has 7 heavy (non-hydrogen) atoms. The second kappa shape index (κ2) is 15.6. The first-order valence-corrected chi connectivity index (χ1v) is 0.928. The van der Waals surface area contributed by atoms with Gasteiger partial charge in [-0.2, -0.15) is 0 Å². The third-order valence-electron chi connectivity index (χ3n) is 0. The molecular formula is C2H6KO3Zn+3. The van der Waals surface area contributed by atoms with Gasteiger partial charge in [0, 0.05) is 6.92 Å². The van der Waals surface area contributed by atoms with E-state index in [1.807, 2.05) is 0 Å². The van der Waals surface area contributed by atoms with Gasteiger partial charge in [0.2, 0.25) is 0 Å². The van der Waals surface area contributed by atoms with Crippen LogP contribution in [-0.2, 0) is 24.3 Å². The van der Waals surface area contributed by atoms with Crippen LogP contribution in [0.15, 0.2) is 0 Å². The van der Waals surface area contributed by atoms with Crippen molar-refractivity contribution < 1.29 is 86.2 Å². The van der Waals surface area contributed by atoms with E-state index in [2.05, 4.69) is 0 Å². The molecule has 0 heterocycles. The van der Waals surface area contributed by atoms with E-state index < -0.39 is 5.97 Å². The third-order valence-corrected chi connectivity index (χ3v) is 0. The summed E-state index contributed by atoms with van der Waals surface area (Å²) in [5, 5.41) is 7.42. The van der Waals surface area contributed by atoms with Gasteiger partial charge < -0.3 is 10.6 Å². The Bertz CT molecular complexity index is 35.9. The predicted octanol–water partition coefficient (Wildman–Crippen LogP) is -3.73. The molecule has 0 amide bonds. The van der Waals surface area contributed by atoms with Gasteiger partial charge >= 0.3 is 70.9 Å². The van der Waals surface area contributed by atoms with Crippen molar-refractivity contribution in [3.63, 3.8) is 0 Å². The number of carbonyl (C=O) groups is 1. The zero-order chi connectivity index (χ0) is 3.58. The molecule has 0 aliphatic carbocycles. The Kier molecular flexibility index (Phi) is 52.2. The summed E-state index contributed by atoms with van der Waals surface area (Å²) in [7, 11) is 0. The standard InChI is InChI=1S/C2H4O2.K.H2O.Zn/c1-2(3)4;;;/h1H3,(H,3,4);;1H2;/q;+1;;+2. The van der Waals surface area contributed by atoms with Gasteiger partial charge in [-0.25, -0.2) is 0 Å². The van der Waals surface area contributed by atoms with E-state index in [1.54, 1.807) is 0 Å². The summed E-state index contributed by atoms with van der Waals surface area (Å²) >= 11 is 0. The zero-order valence-electron chi connectivity index (χ0n) is 4.56. The largest absolute Gasteiger partial charge is 2.00 e. The van der Waals surface area contributed by atoms with Gasteiger partial charge in [-0.15, -0.1) is 0 Å². The van der Waals surface area contributed by atoms with Crippen LogP contribution in [0.1, 0.15) is 6.92 Å². The molecule has 0 aliphatic heterocycles. The van der Waals surface area contributed by atoms with Crippen molar-refractivity contribution in [2.75, 3.05) is 0 Å². The number of hydrogen-bond donors (Lipinski definition) is 1. The molecule has 32 valence electrons. The number of hydrogen-bond acceptors (Lipinski definition) is 1. The van der Waals surface area contributed by atoms with E-state index in [4.69, 9.17) is 9.90 Å². The van der Waals surface area contributed by atoms with Crippen molar-refractivity contribution >= 4 is 5.97 Å². The van der Waals surface area contributed by atoms with E-state index in [0.29, 0.717) is 0 Å². The smallest absolute Gasteiger partial charge is 0.481 e. The first-order chi connectivity index (χ1) is 1.73. The Balaban J connectivity index is -0.0000000150. The monoisotopic (exact) mass is 181 g/mol. The Hall–Kier alpha value is 1.69. The summed E-state index contributed by atoms with van der Waals surface area (Å²) < 4.78 is 0. The normalized spacial score (nSPS) is 3.57. The predicted molar refractivity (Wildman–Crippen MR) is 16.9 cm³/mol. The van der Waals surface area contributed by atoms with E-state index in [0.717, 1.165) is 6.92 Å². The maximum atomic E-state index is 9.00. The van der Waals surface area contributed by atoms with Gasteiger partial charge in [-0.3, -0.25) is 4.79 Å². The molecule has 0 atom stereocenters. The van der Waals surface area contributed by atoms with Crippen LogP contribution < -0.4 is 51.4 Å². The molecule has 0 saturated carbocycles. The van der Waals surface area contributed by atoms with Gasteiger partial charge in [0.15, 0.2) is 0 Å². The average molecular weight is 183 g/mol. The van der Waals surface area contributed by atoms with E-state index in [9.17, 15) is 0 Å². The van der Waals surface area contributed by atoms with E-state index in [-0.39, 0.29) is 76.3 Å². The first kappa shape index (κ1) is 23.4. The first-order valence-electron chi connectivity index (χ1n) is 0.928. The van der Waals surface area contributed by atoms with Crippen LogP contribution in [0.2, 0.25) is 0 Å². The van der Waals surface area contributed by atoms with Crippen molar-refractivity contribution in [1.29, 1.82) is 0 Å².